The Labute approximate surface area is 100 Å². The van der Waals surface area contributed by atoms with E-state index in [1.165, 1.54) is 21.2 Å². The summed E-state index contributed by atoms with van der Waals surface area (Å²) in [6.07, 6.45) is 0. The van der Waals surface area contributed by atoms with Crippen LogP contribution in [0.1, 0.15) is 25.0 Å². The smallest absolute Gasteiger partial charge is 0.0390 e. The van der Waals surface area contributed by atoms with Gasteiger partial charge in [0.1, 0.15) is 0 Å². The number of rotatable bonds is 4. The van der Waals surface area contributed by atoms with E-state index in [2.05, 4.69) is 42.7 Å². The second-order valence-corrected chi connectivity index (χ2v) is 5.17. The number of nitrogens with two attached hydrogens (primary N) is 1. The molecule has 16 heavy (non-hydrogen) atoms. The summed E-state index contributed by atoms with van der Waals surface area (Å²) in [5.74, 6) is 0. The van der Waals surface area contributed by atoms with Gasteiger partial charge >= 0.3 is 0 Å². The molecule has 2 rings (SSSR count). The van der Waals surface area contributed by atoms with Gasteiger partial charge in [-0.2, -0.15) is 0 Å². The molecule has 0 bridgehead atoms. The van der Waals surface area contributed by atoms with Crippen LogP contribution in [0.4, 0.5) is 0 Å². The first-order valence-corrected chi connectivity index (χ1v) is 6.51. The van der Waals surface area contributed by atoms with Gasteiger partial charge in [-0.1, -0.05) is 32.0 Å². The lowest BCUT2D eigenvalue weighted by atomic mass is 10.1. The monoisotopic (exact) mass is 234 g/mol. The standard InChI is InChI=1S/C13H18N2S/c1-9(2)15-7-11-8-16-13-10(6-14)4-3-5-12(11)13/h3-5,8-9,15H,6-7,14H2,1-2H3. The quantitative estimate of drug-likeness (QED) is 0.853. The number of hydrogen-bond donors (Lipinski definition) is 2. The van der Waals surface area contributed by atoms with Crippen LogP contribution in [0.25, 0.3) is 10.1 Å². The average molecular weight is 234 g/mol. The van der Waals surface area contributed by atoms with Crippen LogP contribution < -0.4 is 11.1 Å². The molecule has 0 aliphatic rings. The van der Waals surface area contributed by atoms with E-state index in [4.69, 9.17) is 5.73 Å². The molecule has 0 atom stereocenters. The zero-order valence-corrected chi connectivity index (χ0v) is 10.6. The van der Waals surface area contributed by atoms with Crippen molar-refractivity contribution in [3.63, 3.8) is 0 Å². The second-order valence-electron chi connectivity index (χ2n) is 4.29. The molecule has 1 aromatic carbocycles. The van der Waals surface area contributed by atoms with E-state index in [0.717, 1.165) is 6.54 Å². The van der Waals surface area contributed by atoms with Gasteiger partial charge in [0.2, 0.25) is 0 Å². The maximum Gasteiger partial charge on any atom is 0.0390 e. The molecule has 86 valence electrons. The highest BCUT2D eigenvalue weighted by Crippen LogP contribution is 2.28. The lowest BCUT2D eigenvalue weighted by Gasteiger charge is -2.07. The molecule has 0 fully saturated rings. The van der Waals surface area contributed by atoms with E-state index in [1.54, 1.807) is 11.3 Å². The summed E-state index contributed by atoms with van der Waals surface area (Å²) >= 11 is 1.80. The molecular weight excluding hydrogens is 216 g/mol. The fraction of sp³-hybridized carbons (Fsp3) is 0.385. The Kier molecular flexibility index (Phi) is 3.59. The predicted molar refractivity (Wildman–Crippen MR) is 71.7 cm³/mol. The molecule has 0 aliphatic carbocycles. The predicted octanol–water partition coefficient (Wildman–Crippen LogP) is 2.86. The molecule has 0 amide bonds. The highest BCUT2D eigenvalue weighted by Gasteiger charge is 2.06. The third-order valence-corrected chi connectivity index (χ3v) is 3.80. The molecule has 0 spiro atoms. The lowest BCUT2D eigenvalue weighted by Crippen LogP contribution is -2.21. The fourth-order valence-electron chi connectivity index (χ4n) is 1.78. The Bertz CT molecular complexity index is 474. The Morgan fingerprint density at radius 1 is 1.31 bits per heavy atom. The van der Waals surface area contributed by atoms with E-state index in [9.17, 15) is 0 Å². The minimum Gasteiger partial charge on any atom is -0.326 e. The molecule has 0 aliphatic heterocycles. The van der Waals surface area contributed by atoms with Gasteiger partial charge in [-0.05, 0) is 21.9 Å². The summed E-state index contributed by atoms with van der Waals surface area (Å²) in [4.78, 5) is 0. The normalized spacial score (nSPS) is 11.5. The number of hydrogen-bond acceptors (Lipinski definition) is 3. The number of nitrogens with one attached hydrogen (secondary N) is 1. The zero-order chi connectivity index (χ0) is 11.5. The number of thiophene rings is 1. The average Bonchev–Trinajstić information content (AvgIpc) is 2.69. The summed E-state index contributed by atoms with van der Waals surface area (Å²) in [6.45, 7) is 5.89. The molecule has 1 aromatic heterocycles. The number of fused-ring (bicyclic) bond motifs is 1. The molecule has 3 heteroatoms. The summed E-state index contributed by atoms with van der Waals surface area (Å²) in [6, 6.07) is 6.91. The maximum absolute atomic E-state index is 5.74. The Hall–Kier alpha value is -0.900. The molecule has 0 saturated carbocycles. The molecule has 0 unspecified atom stereocenters. The number of benzene rings is 1. The lowest BCUT2D eigenvalue weighted by molar-refractivity contribution is 0.591. The summed E-state index contributed by atoms with van der Waals surface area (Å²) in [5.41, 5.74) is 8.37. The summed E-state index contributed by atoms with van der Waals surface area (Å²) in [5, 5.41) is 7.04. The van der Waals surface area contributed by atoms with Crippen molar-refractivity contribution >= 4 is 21.4 Å². The first-order chi connectivity index (χ1) is 7.72. The van der Waals surface area contributed by atoms with E-state index in [1.807, 2.05) is 0 Å². The highest BCUT2D eigenvalue weighted by atomic mass is 32.1. The van der Waals surface area contributed by atoms with E-state index >= 15 is 0 Å². The zero-order valence-electron chi connectivity index (χ0n) is 9.79. The van der Waals surface area contributed by atoms with Gasteiger partial charge in [-0.15, -0.1) is 11.3 Å². The SMILES string of the molecule is CC(C)NCc1csc2c(CN)cccc12. The van der Waals surface area contributed by atoms with Crippen LogP contribution in [0, 0.1) is 0 Å². The van der Waals surface area contributed by atoms with Crippen LogP contribution in [0.15, 0.2) is 23.6 Å². The van der Waals surface area contributed by atoms with Crippen LogP contribution >= 0.6 is 11.3 Å². The fourth-order valence-corrected chi connectivity index (χ4v) is 2.88. The summed E-state index contributed by atoms with van der Waals surface area (Å²) in [7, 11) is 0. The highest BCUT2D eigenvalue weighted by molar-refractivity contribution is 7.17. The van der Waals surface area contributed by atoms with Gasteiger partial charge in [0.25, 0.3) is 0 Å². The van der Waals surface area contributed by atoms with Crippen molar-refractivity contribution in [2.45, 2.75) is 33.0 Å². The summed E-state index contributed by atoms with van der Waals surface area (Å²) < 4.78 is 1.34. The third kappa shape index (κ3) is 2.26. The second kappa shape index (κ2) is 4.95. The molecular formula is C13H18N2S. The van der Waals surface area contributed by atoms with Crippen molar-refractivity contribution < 1.29 is 0 Å². The van der Waals surface area contributed by atoms with Gasteiger partial charge in [-0.3, -0.25) is 0 Å². The van der Waals surface area contributed by atoms with Crippen molar-refractivity contribution in [3.05, 3.63) is 34.7 Å². The van der Waals surface area contributed by atoms with Gasteiger partial charge in [0.15, 0.2) is 0 Å². The van der Waals surface area contributed by atoms with Crippen molar-refractivity contribution in [2.75, 3.05) is 0 Å². The van der Waals surface area contributed by atoms with Crippen molar-refractivity contribution in [1.82, 2.24) is 5.32 Å². The van der Waals surface area contributed by atoms with E-state index in [0.29, 0.717) is 12.6 Å². The first-order valence-electron chi connectivity index (χ1n) is 5.63. The van der Waals surface area contributed by atoms with Gasteiger partial charge in [0.05, 0.1) is 0 Å². The molecule has 0 saturated heterocycles. The Morgan fingerprint density at radius 3 is 2.81 bits per heavy atom. The molecule has 2 aromatic rings. The van der Waals surface area contributed by atoms with E-state index in [-0.39, 0.29) is 0 Å². The molecule has 2 nitrogen and oxygen atoms in total. The Morgan fingerprint density at radius 2 is 2.12 bits per heavy atom. The topological polar surface area (TPSA) is 38.0 Å². The van der Waals surface area contributed by atoms with Crippen LogP contribution in [0.5, 0.6) is 0 Å². The van der Waals surface area contributed by atoms with Crippen LogP contribution in [0.3, 0.4) is 0 Å². The van der Waals surface area contributed by atoms with Crippen LogP contribution in [-0.2, 0) is 13.1 Å². The molecule has 0 radical (unpaired) electrons. The van der Waals surface area contributed by atoms with Crippen LogP contribution in [-0.4, -0.2) is 6.04 Å². The van der Waals surface area contributed by atoms with Gasteiger partial charge < -0.3 is 11.1 Å². The minimum absolute atomic E-state index is 0.521. The van der Waals surface area contributed by atoms with Crippen molar-refractivity contribution in [1.29, 1.82) is 0 Å². The minimum atomic E-state index is 0.521. The molecule has 3 N–H and O–H groups in total. The first kappa shape index (κ1) is 11.6. The van der Waals surface area contributed by atoms with Gasteiger partial charge in [0, 0.05) is 23.8 Å². The van der Waals surface area contributed by atoms with Crippen LogP contribution in [0.2, 0.25) is 0 Å². The Balaban J connectivity index is 2.34. The molecule has 1 heterocycles. The van der Waals surface area contributed by atoms with Gasteiger partial charge in [-0.25, -0.2) is 0 Å². The van der Waals surface area contributed by atoms with Crippen molar-refractivity contribution in [3.8, 4) is 0 Å². The van der Waals surface area contributed by atoms with E-state index < -0.39 is 0 Å². The maximum atomic E-state index is 5.74. The largest absolute Gasteiger partial charge is 0.326 e. The van der Waals surface area contributed by atoms with Crippen molar-refractivity contribution in [2.24, 2.45) is 5.73 Å². The third-order valence-electron chi connectivity index (χ3n) is 2.68.